The zero-order chi connectivity index (χ0) is 16.8. The van der Waals surface area contributed by atoms with Gasteiger partial charge in [0.1, 0.15) is 11.8 Å². The van der Waals surface area contributed by atoms with Crippen LogP contribution < -0.4 is 15.8 Å². The van der Waals surface area contributed by atoms with Crippen LogP contribution in [-0.2, 0) is 4.79 Å². The van der Waals surface area contributed by atoms with Gasteiger partial charge in [-0.15, -0.1) is 0 Å². The molecule has 2 amide bonds. The van der Waals surface area contributed by atoms with Gasteiger partial charge in [-0.25, -0.2) is 0 Å². The fourth-order valence-corrected chi connectivity index (χ4v) is 1.97. The molecule has 0 spiro atoms. The van der Waals surface area contributed by atoms with E-state index in [0.717, 1.165) is 0 Å². The largest absolute Gasteiger partial charge is 0.484 e. The maximum Gasteiger partial charge on any atom is 0.262 e. The number of nitrogens with one attached hydrogen (secondary N) is 1. The Balaban J connectivity index is 1.91. The summed E-state index contributed by atoms with van der Waals surface area (Å²) in [6.07, 6.45) is 0. The van der Waals surface area contributed by atoms with E-state index < -0.39 is 5.91 Å². The molecule has 0 aliphatic rings. The lowest BCUT2D eigenvalue weighted by Gasteiger charge is -2.08. The summed E-state index contributed by atoms with van der Waals surface area (Å²) in [5, 5.41) is 11.6. The zero-order valence-electron chi connectivity index (χ0n) is 11.9. The highest BCUT2D eigenvalue weighted by atomic mass is 35.5. The molecule has 0 fully saturated rings. The van der Waals surface area contributed by atoms with Gasteiger partial charge in [0.15, 0.2) is 6.61 Å². The first-order chi connectivity index (χ1) is 11.0. The molecule has 0 saturated carbocycles. The lowest BCUT2D eigenvalue weighted by atomic mass is 10.2. The fourth-order valence-electron chi connectivity index (χ4n) is 1.74. The van der Waals surface area contributed by atoms with E-state index in [1.54, 1.807) is 18.2 Å². The lowest BCUT2D eigenvalue weighted by Crippen LogP contribution is -2.20. The molecule has 23 heavy (non-hydrogen) atoms. The molecule has 0 unspecified atom stereocenters. The minimum Gasteiger partial charge on any atom is -0.484 e. The van der Waals surface area contributed by atoms with E-state index >= 15 is 0 Å². The van der Waals surface area contributed by atoms with E-state index in [-0.39, 0.29) is 17.5 Å². The topological polar surface area (TPSA) is 105 Å². The Bertz CT molecular complexity index is 782. The smallest absolute Gasteiger partial charge is 0.262 e. The SMILES string of the molecule is N#Cc1ccc(NC(=O)COc2ccc(C(N)=O)cc2)cc1Cl. The quantitative estimate of drug-likeness (QED) is 0.878. The van der Waals surface area contributed by atoms with Gasteiger partial charge in [0, 0.05) is 11.3 Å². The molecule has 2 aromatic rings. The number of hydrogen-bond acceptors (Lipinski definition) is 4. The van der Waals surface area contributed by atoms with Crippen molar-refractivity contribution in [2.24, 2.45) is 5.73 Å². The van der Waals surface area contributed by atoms with E-state index in [1.807, 2.05) is 6.07 Å². The number of nitrogens with zero attached hydrogens (tertiary/aromatic N) is 1. The van der Waals surface area contributed by atoms with Gasteiger partial charge in [-0.1, -0.05) is 11.6 Å². The van der Waals surface area contributed by atoms with Crippen molar-refractivity contribution in [1.29, 1.82) is 5.26 Å². The highest BCUT2D eigenvalue weighted by Gasteiger charge is 2.07. The summed E-state index contributed by atoms with van der Waals surface area (Å²) in [5.74, 6) is -0.486. The minimum atomic E-state index is -0.535. The Hall–Kier alpha value is -3.04. The molecule has 116 valence electrons. The molecule has 3 N–H and O–H groups in total. The molecular weight excluding hydrogens is 318 g/mol. The molecule has 0 atom stereocenters. The molecule has 0 radical (unpaired) electrons. The molecule has 6 nitrogen and oxygen atoms in total. The van der Waals surface area contributed by atoms with Crippen LogP contribution in [0.3, 0.4) is 0 Å². The molecule has 7 heteroatoms. The summed E-state index contributed by atoms with van der Waals surface area (Å²) in [6.45, 7) is -0.215. The van der Waals surface area contributed by atoms with Crippen molar-refractivity contribution < 1.29 is 14.3 Å². The molecule has 0 heterocycles. The Morgan fingerprint density at radius 1 is 1.22 bits per heavy atom. The van der Waals surface area contributed by atoms with Gasteiger partial charge < -0.3 is 15.8 Å². The van der Waals surface area contributed by atoms with Crippen LogP contribution in [0.2, 0.25) is 5.02 Å². The van der Waals surface area contributed by atoms with E-state index in [9.17, 15) is 9.59 Å². The number of rotatable bonds is 5. The van der Waals surface area contributed by atoms with Crippen molar-refractivity contribution in [1.82, 2.24) is 0 Å². The van der Waals surface area contributed by atoms with Crippen LogP contribution in [0.25, 0.3) is 0 Å². The fraction of sp³-hybridized carbons (Fsp3) is 0.0625. The number of hydrogen-bond donors (Lipinski definition) is 2. The van der Waals surface area contributed by atoms with Crippen molar-refractivity contribution in [3.8, 4) is 11.8 Å². The molecule has 0 aromatic heterocycles. The highest BCUT2D eigenvalue weighted by molar-refractivity contribution is 6.32. The second-order valence-electron chi connectivity index (χ2n) is 4.53. The number of nitriles is 1. The van der Waals surface area contributed by atoms with Gasteiger partial charge in [-0.3, -0.25) is 9.59 Å². The summed E-state index contributed by atoms with van der Waals surface area (Å²) < 4.78 is 5.30. The van der Waals surface area contributed by atoms with Gasteiger partial charge in [0.25, 0.3) is 5.91 Å². The Morgan fingerprint density at radius 2 is 1.91 bits per heavy atom. The number of nitrogens with two attached hydrogens (primary N) is 1. The second-order valence-corrected chi connectivity index (χ2v) is 4.94. The third-order valence-corrected chi connectivity index (χ3v) is 3.19. The number of amides is 2. The Kier molecular flexibility index (Phi) is 5.18. The number of carbonyl (C=O) groups is 2. The summed E-state index contributed by atoms with van der Waals surface area (Å²) in [7, 11) is 0. The van der Waals surface area contributed by atoms with Crippen LogP contribution >= 0.6 is 11.6 Å². The average Bonchev–Trinajstić information content (AvgIpc) is 2.53. The van der Waals surface area contributed by atoms with Gasteiger partial charge in [0.05, 0.1) is 10.6 Å². The van der Waals surface area contributed by atoms with E-state index in [2.05, 4.69) is 5.32 Å². The minimum absolute atomic E-state index is 0.215. The van der Waals surface area contributed by atoms with Crippen molar-refractivity contribution in [3.05, 3.63) is 58.6 Å². The maximum absolute atomic E-state index is 11.8. The van der Waals surface area contributed by atoms with Crippen LogP contribution in [-0.4, -0.2) is 18.4 Å². The Morgan fingerprint density at radius 3 is 2.48 bits per heavy atom. The zero-order valence-corrected chi connectivity index (χ0v) is 12.6. The molecule has 0 aliphatic carbocycles. The predicted octanol–water partition coefficient (Wildman–Crippen LogP) is 2.33. The number of anilines is 1. The van der Waals surface area contributed by atoms with Gasteiger partial charge in [-0.2, -0.15) is 5.26 Å². The maximum atomic E-state index is 11.8. The third-order valence-electron chi connectivity index (χ3n) is 2.88. The van der Waals surface area contributed by atoms with Crippen molar-refractivity contribution >= 4 is 29.1 Å². The molecule has 2 rings (SSSR count). The first-order valence-electron chi connectivity index (χ1n) is 6.52. The van der Waals surface area contributed by atoms with Crippen LogP contribution in [0.1, 0.15) is 15.9 Å². The van der Waals surface area contributed by atoms with E-state index in [0.29, 0.717) is 22.6 Å². The number of halogens is 1. The molecule has 0 saturated heterocycles. The predicted molar refractivity (Wildman–Crippen MR) is 85.3 cm³/mol. The summed E-state index contributed by atoms with van der Waals surface area (Å²) >= 11 is 5.88. The molecule has 0 aliphatic heterocycles. The molecular formula is C16H12ClN3O3. The number of primary amides is 1. The summed E-state index contributed by atoms with van der Waals surface area (Å²) in [5.41, 5.74) is 6.28. The van der Waals surface area contributed by atoms with Gasteiger partial charge in [0.2, 0.25) is 5.91 Å². The highest BCUT2D eigenvalue weighted by Crippen LogP contribution is 2.20. The lowest BCUT2D eigenvalue weighted by molar-refractivity contribution is -0.118. The van der Waals surface area contributed by atoms with Crippen LogP contribution in [0.5, 0.6) is 5.75 Å². The van der Waals surface area contributed by atoms with Crippen molar-refractivity contribution in [3.63, 3.8) is 0 Å². The first kappa shape index (κ1) is 16.3. The number of ether oxygens (including phenoxy) is 1. The molecule has 2 aromatic carbocycles. The van der Waals surface area contributed by atoms with Crippen LogP contribution in [0, 0.1) is 11.3 Å². The second kappa shape index (κ2) is 7.29. The van der Waals surface area contributed by atoms with E-state index in [1.165, 1.54) is 24.3 Å². The van der Waals surface area contributed by atoms with Crippen molar-refractivity contribution in [2.75, 3.05) is 11.9 Å². The van der Waals surface area contributed by atoms with Gasteiger partial charge in [-0.05, 0) is 42.5 Å². The number of benzene rings is 2. The van der Waals surface area contributed by atoms with Gasteiger partial charge >= 0.3 is 0 Å². The standard InChI is InChI=1S/C16H12ClN3O3/c17-14-7-12(4-1-11(14)8-18)20-15(21)9-23-13-5-2-10(3-6-13)16(19)22/h1-7H,9H2,(H2,19,22)(H,20,21). The Labute approximate surface area is 137 Å². The number of carbonyl (C=O) groups excluding carboxylic acids is 2. The average molecular weight is 330 g/mol. The third kappa shape index (κ3) is 4.46. The summed E-state index contributed by atoms with van der Waals surface area (Å²) in [6, 6.07) is 12.6. The summed E-state index contributed by atoms with van der Waals surface area (Å²) in [4.78, 5) is 22.7. The normalized spacial score (nSPS) is 9.74. The van der Waals surface area contributed by atoms with Crippen LogP contribution in [0.4, 0.5) is 5.69 Å². The molecule has 0 bridgehead atoms. The van der Waals surface area contributed by atoms with Crippen LogP contribution in [0.15, 0.2) is 42.5 Å². The van der Waals surface area contributed by atoms with E-state index in [4.69, 9.17) is 27.3 Å². The monoisotopic (exact) mass is 329 g/mol. The van der Waals surface area contributed by atoms with Crippen molar-refractivity contribution in [2.45, 2.75) is 0 Å². The first-order valence-corrected chi connectivity index (χ1v) is 6.89.